The van der Waals surface area contributed by atoms with E-state index in [0.717, 1.165) is 59.8 Å². The van der Waals surface area contributed by atoms with Crippen molar-refractivity contribution in [2.24, 2.45) is 11.1 Å². The number of primary amides is 1. The molecular formula is C27H31N3O3. The molecule has 2 heterocycles. The van der Waals surface area contributed by atoms with Gasteiger partial charge in [0.15, 0.2) is 0 Å². The summed E-state index contributed by atoms with van der Waals surface area (Å²) in [5, 5.41) is 14.4. The van der Waals surface area contributed by atoms with Crippen molar-refractivity contribution in [2.75, 3.05) is 5.32 Å². The average Bonchev–Trinajstić information content (AvgIpc) is 3.08. The Labute approximate surface area is 193 Å². The standard InChI is InChI=1S/C27H31N3O3/c1-27(2)14-23-25(20-5-3-4-6-22(20)30(23)24(32)15-27)16-7-12-19(26(28)33)21(13-16)29-17-8-10-18(31)11-9-17/h3-7,12-13,17-18,29,31H,8-11,14-15H2,1-2H3,(H2,28,33)/t17-,18-. The minimum absolute atomic E-state index is 0.118. The van der Waals surface area contributed by atoms with Crippen LogP contribution < -0.4 is 11.1 Å². The van der Waals surface area contributed by atoms with Gasteiger partial charge in [0.1, 0.15) is 0 Å². The second-order valence-electron chi connectivity index (χ2n) is 10.4. The number of benzene rings is 2. The van der Waals surface area contributed by atoms with Gasteiger partial charge < -0.3 is 16.2 Å². The van der Waals surface area contributed by atoms with Crippen LogP contribution in [0.5, 0.6) is 0 Å². The van der Waals surface area contributed by atoms with Gasteiger partial charge >= 0.3 is 0 Å². The van der Waals surface area contributed by atoms with Crippen LogP contribution in [0, 0.1) is 5.41 Å². The summed E-state index contributed by atoms with van der Waals surface area (Å²) in [5.74, 6) is -0.350. The maximum Gasteiger partial charge on any atom is 0.250 e. The minimum Gasteiger partial charge on any atom is -0.393 e. The fourth-order valence-electron chi connectivity index (χ4n) is 5.55. The van der Waals surface area contributed by atoms with Gasteiger partial charge in [-0.3, -0.25) is 14.2 Å². The highest BCUT2D eigenvalue weighted by Gasteiger charge is 2.35. The zero-order valence-corrected chi connectivity index (χ0v) is 19.2. The van der Waals surface area contributed by atoms with E-state index in [0.29, 0.717) is 17.7 Å². The molecular weight excluding hydrogens is 414 g/mol. The minimum atomic E-state index is -0.472. The monoisotopic (exact) mass is 445 g/mol. The summed E-state index contributed by atoms with van der Waals surface area (Å²) in [5.41, 5.74) is 10.7. The largest absolute Gasteiger partial charge is 0.393 e. The molecule has 1 aromatic heterocycles. The van der Waals surface area contributed by atoms with Crippen LogP contribution in [0.3, 0.4) is 0 Å². The Kier molecular flexibility index (Phi) is 5.28. The topological polar surface area (TPSA) is 97.4 Å². The smallest absolute Gasteiger partial charge is 0.250 e. The van der Waals surface area contributed by atoms with Crippen molar-refractivity contribution in [1.29, 1.82) is 0 Å². The van der Waals surface area contributed by atoms with E-state index in [-0.39, 0.29) is 23.5 Å². The van der Waals surface area contributed by atoms with Crippen LogP contribution in [-0.4, -0.2) is 33.6 Å². The molecule has 33 heavy (non-hydrogen) atoms. The highest BCUT2D eigenvalue weighted by Crippen LogP contribution is 2.43. The number of hydrogen-bond acceptors (Lipinski definition) is 4. The van der Waals surface area contributed by atoms with Crippen LogP contribution in [0.2, 0.25) is 0 Å². The summed E-state index contributed by atoms with van der Waals surface area (Å²) in [7, 11) is 0. The highest BCUT2D eigenvalue weighted by molar-refractivity contribution is 6.06. The summed E-state index contributed by atoms with van der Waals surface area (Å²) >= 11 is 0. The normalized spacial score (nSPS) is 22.2. The van der Waals surface area contributed by atoms with Crippen LogP contribution in [0.4, 0.5) is 5.69 Å². The molecule has 1 fully saturated rings. The molecule has 3 aromatic rings. The third kappa shape index (κ3) is 3.93. The third-order valence-corrected chi connectivity index (χ3v) is 7.13. The molecule has 0 spiro atoms. The molecule has 1 amide bonds. The van der Waals surface area contributed by atoms with E-state index in [1.165, 1.54) is 0 Å². The molecule has 0 saturated heterocycles. The number of fused-ring (bicyclic) bond motifs is 3. The Bertz CT molecular complexity index is 1250. The van der Waals surface area contributed by atoms with Gasteiger partial charge in [-0.1, -0.05) is 38.1 Å². The Morgan fingerprint density at radius 3 is 2.55 bits per heavy atom. The Morgan fingerprint density at radius 1 is 1.09 bits per heavy atom. The van der Waals surface area contributed by atoms with Gasteiger partial charge in [-0.2, -0.15) is 0 Å². The molecule has 2 aromatic carbocycles. The average molecular weight is 446 g/mol. The lowest BCUT2D eigenvalue weighted by Crippen LogP contribution is -2.31. The van der Waals surface area contributed by atoms with Gasteiger partial charge in [-0.25, -0.2) is 0 Å². The Morgan fingerprint density at radius 2 is 1.82 bits per heavy atom. The molecule has 6 nitrogen and oxygen atoms in total. The van der Waals surface area contributed by atoms with E-state index >= 15 is 0 Å². The first-order valence-corrected chi connectivity index (χ1v) is 11.8. The molecule has 0 unspecified atom stereocenters. The number of anilines is 1. The van der Waals surface area contributed by atoms with Crippen molar-refractivity contribution in [3.63, 3.8) is 0 Å². The molecule has 5 rings (SSSR count). The summed E-state index contributed by atoms with van der Waals surface area (Å²) < 4.78 is 1.88. The highest BCUT2D eigenvalue weighted by atomic mass is 16.3. The van der Waals surface area contributed by atoms with Crippen molar-refractivity contribution in [3.8, 4) is 11.1 Å². The number of carbonyl (C=O) groups excluding carboxylic acids is 2. The number of amides is 1. The van der Waals surface area contributed by atoms with Crippen molar-refractivity contribution >= 4 is 28.4 Å². The van der Waals surface area contributed by atoms with Crippen LogP contribution in [0.1, 0.15) is 66.8 Å². The molecule has 0 atom stereocenters. The van der Waals surface area contributed by atoms with E-state index in [4.69, 9.17) is 5.73 Å². The number of nitrogens with one attached hydrogen (secondary N) is 1. The summed E-state index contributed by atoms with van der Waals surface area (Å²) in [6.07, 6.45) is 4.25. The van der Waals surface area contributed by atoms with Crippen molar-refractivity contribution in [1.82, 2.24) is 4.57 Å². The van der Waals surface area contributed by atoms with Gasteiger partial charge in [-0.05, 0) is 61.3 Å². The molecule has 1 saturated carbocycles. The SMILES string of the molecule is CC1(C)CC(=O)n2c(c(-c3ccc(C(N)=O)c(N[C@H]4CC[C@H](O)CC4)c3)c3ccccc32)C1. The maximum atomic E-state index is 13.1. The second-order valence-corrected chi connectivity index (χ2v) is 10.4. The van der Waals surface area contributed by atoms with E-state index in [1.807, 2.05) is 34.9 Å². The maximum absolute atomic E-state index is 13.1. The number of hydrogen-bond donors (Lipinski definition) is 3. The first-order valence-electron chi connectivity index (χ1n) is 11.8. The number of rotatable bonds is 4. The molecule has 2 aliphatic rings. The van der Waals surface area contributed by atoms with Gasteiger partial charge in [0, 0.05) is 34.8 Å². The van der Waals surface area contributed by atoms with Crippen molar-refractivity contribution in [2.45, 2.75) is 64.5 Å². The van der Waals surface area contributed by atoms with Crippen LogP contribution in [0.15, 0.2) is 42.5 Å². The summed E-state index contributed by atoms with van der Waals surface area (Å²) in [6, 6.07) is 13.9. The summed E-state index contributed by atoms with van der Waals surface area (Å²) in [6.45, 7) is 4.27. The Hall–Kier alpha value is -3.12. The Balaban J connectivity index is 1.65. The number of para-hydroxylation sites is 1. The predicted octanol–water partition coefficient (Wildman–Crippen LogP) is 4.74. The number of aliphatic hydroxyl groups excluding tert-OH is 1. The van der Waals surface area contributed by atoms with Crippen LogP contribution in [0.25, 0.3) is 22.0 Å². The zero-order chi connectivity index (χ0) is 23.3. The number of aliphatic hydroxyl groups is 1. The third-order valence-electron chi connectivity index (χ3n) is 7.13. The number of aromatic nitrogens is 1. The van der Waals surface area contributed by atoms with Crippen LogP contribution in [-0.2, 0) is 6.42 Å². The molecule has 4 N–H and O–H groups in total. The molecule has 1 aliphatic carbocycles. The van der Waals surface area contributed by atoms with Crippen molar-refractivity contribution in [3.05, 3.63) is 53.7 Å². The van der Waals surface area contributed by atoms with Gasteiger partial charge in [0.25, 0.3) is 5.91 Å². The summed E-state index contributed by atoms with van der Waals surface area (Å²) in [4.78, 5) is 25.3. The van der Waals surface area contributed by atoms with E-state index in [2.05, 4.69) is 25.2 Å². The molecule has 6 heteroatoms. The lowest BCUT2D eigenvalue weighted by atomic mass is 9.80. The fourth-order valence-corrected chi connectivity index (χ4v) is 5.55. The van der Waals surface area contributed by atoms with Gasteiger partial charge in [-0.15, -0.1) is 0 Å². The second kappa shape index (κ2) is 8.03. The van der Waals surface area contributed by atoms with Crippen LogP contribution >= 0.6 is 0 Å². The number of nitrogens with zero attached hydrogens (tertiary/aromatic N) is 1. The predicted molar refractivity (Wildman–Crippen MR) is 131 cm³/mol. The zero-order valence-electron chi connectivity index (χ0n) is 19.2. The van der Waals surface area contributed by atoms with Crippen molar-refractivity contribution < 1.29 is 14.7 Å². The fraction of sp³-hybridized carbons (Fsp3) is 0.407. The molecule has 0 bridgehead atoms. The van der Waals surface area contributed by atoms with E-state index < -0.39 is 5.91 Å². The first-order chi connectivity index (χ1) is 15.7. The van der Waals surface area contributed by atoms with E-state index in [1.54, 1.807) is 6.07 Å². The lowest BCUT2D eigenvalue weighted by Gasteiger charge is -2.31. The lowest BCUT2D eigenvalue weighted by molar-refractivity contribution is 0.0816. The quantitative estimate of drug-likeness (QED) is 0.541. The van der Waals surface area contributed by atoms with E-state index in [9.17, 15) is 14.7 Å². The van der Waals surface area contributed by atoms with Gasteiger partial charge in [0.2, 0.25) is 5.91 Å². The first kappa shape index (κ1) is 21.7. The molecule has 1 aliphatic heterocycles. The molecule has 0 radical (unpaired) electrons. The number of carbonyl (C=O) groups is 2. The molecule has 172 valence electrons. The van der Waals surface area contributed by atoms with Gasteiger partial charge in [0.05, 0.1) is 17.2 Å². The number of nitrogens with two attached hydrogens (primary N) is 1.